The predicted molar refractivity (Wildman–Crippen MR) is 69.3 cm³/mol. The maximum absolute atomic E-state index is 11.5. The molecule has 6 heteroatoms. The molecule has 1 aromatic heterocycles. The summed E-state index contributed by atoms with van der Waals surface area (Å²) in [6.07, 6.45) is 1.64. The van der Waals surface area contributed by atoms with Crippen molar-refractivity contribution in [3.05, 3.63) is 64.6 Å². The Hall–Kier alpha value is -1.59. The number of pyridine rings is 1. The summed E-state index contributed by atoms with van der Waals surface area (Å²) in [4.78, 5) is 11.6. The molecule has 0 amide bonds. The van der Waals surface area contributed by atoms with Crippen LogP contribution in [-0.4, -0.2) is 13.0 Å². The van der Waals surface area contributed by atoms with Gasteiger partial charge in [0.25, 0.3) is 14.6 Å². The zero-order valence-corrected chi connectivity index (χ0v) is 10.9. The summed E-state index contributed by atoms with van der Waals surface area (Å²) in [6.45, 7) is 0.305. The van der Waals surface area contributed by atoms with Gasteiger partial charge < -0.3 is 4.57 Å². The lowest BCUT2D eigenvalue weighted by Crippen LogP contribution is -2.18. The van der Waals surface area contributed by atoms with Gasteiger partial charge in [-0.2, -0.15) is 0 Å². The van der Waals surface area contributed by atoms with Crippen LogP contribution < -0.4 is 5.56 Å². The number of nitrogens with zero attached hydrogens (tertiary/aromatic N) is 1. The van der Waals surface area contributed by atoms with Gasteiger partial charge in [0.2, 0.25) is 0 Å². The van der Waals surface area contributed by atoms with Crippen molar-refractivity contribution in [3.8, 4) is 0 Å². The number of benzene rings is 1. The van der Waals surface area contributed by atoms with E-state index < -0.39 is 9.05 Å². The molecule has 0 N–H and O–H groups in total. The molecule has 0 fully saturated rings. The second-order valence-corrected chi connectivity index (χ2v) is 6.32. The minimum Gasteiger partial charge on any atom is -0.311 e. The number of aromatic nitrogens is 1. The van der Waals surface area contributed by atoms with E-state index in [9.17, 15) is 13.2 Å². The number of halogens is 1. The molecule has 4 nitrogen and oxygen atoms in total. The molecule has 0 saturated heterocycles. The molecule has 0 unspecified atom stereocenters. The van der Waals surface area contributed by atoms with Crippen molar-refractivity contribution in [1.29, 1.82) is 0 Å². The van der Waals surface area contributed by atoms with E-state index in [4.69, 9.17) is 10.7 Å². The van der Waals surface area contributed by atoms with E-state index in [1.54, 1.807) is 30.5 Å². The Kier molecular flexibility index (Phi) is 3.54. The summed E-state index contributed by atoms with van der Waals surface area (Å²) in [5.74, 6) is 0. The maximum atomic E-state index is 11.5. The van der Waals surface area contributed by atoms with Crippen LogP contribution in [0.4, 0.5) is 0 Å². The van der Waals surface area contributed by atoms with E-state index in [0.29, 0.717) is 12.1 Å². The molecule has 0 aliphatic carbocycles. The van der Waals surface area contributed by atoms with Gasteiger partial charge in [0.15, 0.2) is 0 Å². The van der Waals surface area contributed by atoms with Crippen molar-refractivity contribution >= 4 is 19.7 Å². The first-order valence-electron chi connectivity index (χ1n) is 5.16. The van der Waals surface area contributed by atoms with E-state index in [-0.39, 0.29) is 10.5 Å². The van der Waals surface area contributed by atoms with Crippen molar-refractivity contribution in [2.24, 2.45) is 0 Å². The molecule has 0 spiro atoms. The monoisotopic (exact) mass is 283 g/mol. The smallest absolute Gasteiger partial charge is 0.261 e. The third-order valence-corrected chi connectivity index (χ3v) is 3.78. The first-order chi connectivity index (χ1) is 8.47. The van der Waals surface area contributed by atoms with E-state index in [1.165, 1.54) is 22.8 Å². The van der Waals surface area contributed by atoms with Gasteiger partial charge in [0.05, 0.1) is 11.4 Å². The second kappa shape index (κ2) is 4.96. The number of hydrogen-bond donors (Lipinski definition) is 0. The van der Waals surface area contributed by atoms with Crippen LogP contribution in [0.5, 0.6) is 0 Å². The summed E-state index contributed by atoms with van der Waals surface area (Å²) in [6, 6.07) is 11.1. The van der Waals surface area contributed by atoms with Crippen LogP contribution in [0.2, 0.25) is 0 Å². The largest absolute Gasteiger partial charge is 0.311 e. The molecular weight excluding hydrogens is 274 g/mol. The molecule has 2 aromatic rings. The topological polar surface area (TPSA) is 56.1 Å². The Labute approximate surface area is 109 Å². The van der Waals surface area contributed by atoms with Gasteiger partial charge in [0.1, 0.15) is 0 Å². The highest BCUT2D eigenvalue weighted by atomic mass is 35.7. The highest BCUT2D eigenvalue weighted by Gasteiger charge is 2.10. The zero-order valence-electron chi connectivity index (χ0n) is 9.28. The fourth-order valence-corrected chi connectivity index (χ4v) is 2.40. The van der Waals surface area contributed by atoms with Crippen molar-refractivity contribution in [1.82, 2.24) is 4.57 Å². The lowest BCUT2D eigenvalue weighted by molar-refractivity contribution is 0.609. The summed E-state index contributed by atoms with van der Waals surface area (Å²) in [5.41, 5.74) is 0.557. The zero-order chi connectivity index (χ0) is 13.2. The van der Waals surface area contributed by atoms with E-state index in [0.717, 1.165) is 0 Å². The molecule has 18 heavy (non-hydrogen) atoms. The van der Waals surface area contributed by atoms with Gasteiger partial charge in [-0.1, -0.05) is 18.2 Å². The van der Waals surface area contributed by atoms with Gasteiger partial charge in [-0.15, -0.1) is 0 Å². The van der Waals surface area contributed by atoms with Gasteiger partial charge in [-0.25, -0.2) is 8.42 Å². The summed E-state index contributed by atoms with van der Waals surface area (Å²) < 4.78 is 23.9. The van der Waals surface area contributed by atoms with Crippen molar-refractivity contribution < 1.29 is 8.42 Å². The Morgan fingerprint density at radius 3 is 2.56 bits per heavy atom. The fraction of sp³-hybridized carbons (Fsp3) is 0.0833. The number of hydrogen-bond acceptors (Lipinski definition) is 3. The van der Waals surface area contributed by atoms with Gasteiger partial charge in [0, 0.05) is 22.9 Å². The molecule has 1 heterocycles. The quantitative estimate of drug-likeness (QED) is 0.808. The maximum Gasteiger partial charge on any atom is 0.261 e. The van der Waals surface area contributed by atoms with Crippen LogP contribution >= 0.6 is 10.7 Å². The Morgan fingerprint density at radius 1 is 1.11 bits per heavy atom. The third-order valence-electron chi connectivity index (χ3n) is 2.43. The molecular formula is C12H10ClNO3S. The second-order valence-electron chi connectivity index (χ2n) is 3.75. The van der Waals surface area contributed by atoms with Gasteiger partial charge >= 0.3 is 0 Å². The van der Waals surface area contributed by atoms with Crippen molar-refractivity contribution in [2.45, 2.75) is 11.4 Å². The highest BCUT2D eigenvalue weighted by molar-refractivity contribution is 8.13. The van der Waals surface area contributed by atoms with Crippen LogP contribution in [0.3, 0.4) is 0 Å². The molecule has 0 atom stereocenters. The van der Waals surface area contributed by atoms with Crippen LogP contribution in [0.15, 0.2) is 58.4 Å². The first kappa shape index (κ1) is 12.9. The first-order valence-corrected chi connectivity index (χ1v) is 7.47. The van der Waals surface area contributed by atoms with E-state index in [2.05, 4.69) is 0 Å². The summed E-state index contributed by atoms with van der Waals surface area (Å²) >= 11 is 0. The Morgan fingerprint density at radius 2 is 1.89 bits per heavy atom. The third kappa shape index (κ3) is 3.00. The average Bonchev–Trinajstić information content (AvgIpc) is 2.31. The minimum absolute atomic E-state index is 0.0330. The Bertz CT molecular complexity index is 722. The SMILES string of the molecule is O=c1ccccn1Cc1cccc(S(=O)(=O)Cl)c1. The normalized spacial score (nSPS) is 11.4. The summed E-state index contributed by atoms with van der Waals surface area (Å²) in [5, 5.41) is 0. The number of rotatable bonds is 3. The molecule has 0 radical (unpaired) electrons. The molecule has 94 valence electrons. The average molecular weight is 284 g/mol. The minimum atomic E-state index is -3.74. The summed E-state index contributed by atoms with van der Waals surface area (Å²) in [7, 11) is 1.53. The van der Waals surface area contributed by atoms with Crippen LogP contribution in [0, 0.1) is 0 Å². The van der Waals surface area contributed by atoms with E-state index >= 15 is 0 Å². The fourth-order valence-electron chi connectivity index (χ4n) is 1.58. The van der Waals surface area contributed by atoms with Crippen molar-refractivity contribution in [3.63, 3.8) is 0 Å². The predicted octanol–water partition coefficient (Wildman–Crippen LogP) is 1.82. The van der Waals surface area contributed by atoms with Gasteiger partial charge in [-0.3, -0.25) is 4.79 Å². The van der Waals surface area contributed by atoms with Crippen LogP contribution in [-0.2, 0) is 15.6 Å². The van der Waals surface area contributed by atoms with Crippen LogP contribution in [0.25, 0.3) is 0 Å². The lowest BCUT2D eigenvalue weighted by atomic mass is 10.2. The lowest BCUT2D eigenvalue weighted by Gasteiger charge is -2.06. The molecule has 0 aliphatic rings. The molecule has 1 aromatic carbocycles. The molecule has 2 rings (SSSR count). The molecule has 0 aliphatic heterocycles. The molecule has 0 bridgehead atoms. The molecule has 0 saturated carbocycles. The van der Waals surface area contributed by atoms with E-state index in [1.807, 2.05) is 0 Å². The Balaban J connectivity index is 2.37. The van der Waals surface area contributed by atoms with Crippen molar-refractivity contribution in [2.75, 3.05) is 0 Å². The van der Waals surface area contributed by atoms with Gasteiger partial charge in [-0.05, 0) is 23.8 Å². The highest BCUT2D eigenvalue weighted by Crippen LogP contribution is 2.16. The standard InChI is InChI=1S/C12H10ClNO3S/c13-18(16,17)11-5-3-4-10(8-11)9-14-7-2-1-6-12(14)15/h1-8H,9H2. The van der Waals surface area contributed by atoms with Crippen LogP contribution in [0.1, 0.15) is 5.56 Å².